The lowest BCUT2D eigenvalue weighted by Gasteiger charge is -2.14. The van der Waals surface area contributed by atoms with E-state index < -0.39 is 5.97 Å². The van der Waals surface area contributed by atoms with Crippen molar-refractivity contribution in [2.45, 2.75) is 25.7 Å². The summed E-state index contributed by atoms with van der Waals surface area (Å²) in [6, 6.07) is 7.50. The highest BCUT2D eigenvalue weighted by molar-refractivity contribution is 6.01. The molecular weight excluding hydrogens is 230 g/mol. The average Bonchev–Trinajstić information content (AvgIpc) is 2.39. The minimum Gasteiger partial charge on any atom is -0.481 e. The molecule has 1 aromatic rings. The Morgan fingerprint density at radius 2 is 1.94 bits per heavy atom. The van der Waals surface area contributed by atoms with Gasteiger partial charge in [0.2, 0.25) is 0 Å². The Hall–Kier alpha value is -2.10. The van der Waals surface area contributed by atoms with Gasteiger partial charge in [0, 0.05) is 0 Å². The first-order valence-corrected chi connectivity index (χ1v) is 5.91. The first kappa shape index (κ1) is 12.4. The monoisotopic (exact) mass is 245 g/mol. The molecule has 0 heterocycles. The van der Waals surface area contributed by atoms with Crippen molar-refractivity contribution in [3.8, 4) is 0 Å². The van der Waals surface area contributed by atoms with E-state index in [1.807, 2.05) is 30.3 Å². The normalized spacial score (nSPS) is 17.6. The van der Waals surface area contributed by atoms with Crippen LogP contribution in [0, 0.1) is 0 Å². The second-order valence-electron chi connectivity index (χ2n) is 4.38. The van der Waals surface area contributed by atoms with Crippen molar-refractivity contribution in [3.63, 3.8) is 0 Å². The van der Waals surface area contributed by atoms with Gasteiger partial charge in [0.25, 0.3) is 0 Å². The van der Waals surface area contributed by atoms with E-state index in [0.717, 1.165) is 36.0 Å². The molecule has 0 aromatic heterocycles. The molecule has 4 nitrogen and oxygen atoms in total. The van der Waals surface area contributed by atoms with Crippen molar-refractivity contribution in [1.29, 1.82) is 0 Å². The van der Waals surface area contributed by atoms with Crippen molar-refractivity contribution < 1.29 is 15.1 Å². The molecule has 0 spiro atoms. The van der Waals surface area contributed by atoms with Gasteiger partial charge in [-0.15, -0.1) is 0 Å². The van der Waals surface area contributed by atoms with Crippen LogP contribution in [0.5, 0.6) is 0 Å². The topological polar surface area (TPSA) is 69.9 Å². The van der Waals surface area contributed by atoms with E-state index in [-0.39, 0.29) is 6.42 Å². The molecule has 0 fully saturated rings. The van der Waals surface area contributed by atoms with Crippen LogP contribution < -0.4 is 0 Å². The molecule has 1 aliphatic carbocycles. The fourth-order valence-corrected chi connectivity index (χ4v) is 2.12. The van der Waals surface area contributed by atoms with Gasteiger partial charge in [-0.1, -0.05) is 29.4 Å². The molecule has 1 aliphatic rings. The number of rotatable bonds is 3. The zero-order valence-corrected chi connectivity index (χ0v) is 9.97. The molecule has 2 rings (SSSR count). The highest BCUT2D eigenvalue weighted by Crippen LogP contribution is 2.25. The summed E-state index contributed by atoms with van der Waals surface area (Å²) in [6.45, 7) is 0. The van der Waals surface area contributed by atoms with E-state index in [0.29, 0.717) is 5.71 Å². The number of benzene rings is 1. The molecule has 0 bridgehead atoms. The van der Waals surface area contributed by atoms with Crippen LogP contribution in [0.1, 0.15) is 30.4 Å². The minimum absolute atomic E-state index is 0.0443. The summed E-state index contributed by atoms with van der Waals surface area (Å²) in [5.41, 5.74) is 3.69. The summed E-state index contributed by atoms with van der Waals surface area (Å²) in [4.78, 5) is 10.6. The fraction of sp³-hybridized carbons (Fsp3) is 0.286. The molecule has 0 radical (unpaired) electrons. The summed E-state index contributed by atoms with van der Waals surface area (Å²) in [6.07, 6.45) is 4.68. The number of oxime groups is 1. The molecule has 18 heavy (non-hydrogen) atoms. The van der Waals surface area contributed by atoms with E-state index in [1.54, 1.807) is 0 Å². The summed E-state index contributed by atoms with van der Waals surface area (Å²) in [7, 11) is 0. The van der Waals surface area contributed by atoms with Crippen LogP contribution >= 0.6 is 0 Å². The predicted molar refractivity (Wildman–Crippen MR) is 68.8 cm³/mol. The van der Waals surface area contributed by atoms with E-state index in [1.165, 1.54) is 0 Å². The first-order chi connectivity index (χ1) is 8.69. The van der Waals surface area contributed by atoms with E-state index in [4.69, 9.17) is 10.3 Å². The molecular formula is C14H15NO3. The number of hydrogen-bond acceptors (Lipinski definition) is 3. The highest BCUT2D eigenvalue weighted by atomic mass is 16.4. The zero-order chi connectivity index (χ0) is 13.0. The van der Waals surface area contributed by atoms with Crippen molar-refractivity contribution in [2.24, 2.45) is 5.16 Å². The predicted octanol–water partition coefficient (Wildman–Crippen LogP) is 2.71. The molecule has 0 saturated heterocycles. The lowest BCUT2D eigenvalue weighted by molar-refractivity contribution is -0.136. The molecule has 0 aliphatic heterocycles. The van der Waals surface area contributed by atoms with Gasteiger partial charge in [0.15, 0.2) is 0 Å². The second kappa shape index (κ2) is 5.49. The van der Waals surface area contributed by atoms with Crippen LogP contribution in [0.2, 0.25) is 0 Å². The summed E-state index contributed by atoms with van der Waals surface area (Å²) in [5, 5.41) is 20.7. The van der Waals surface area contributed by atoms with Crippen molar-refractivity contribution in [2.75, 3.05) is 0 Å². The second-order valence-corrected chi connectivity index (χ2v) is 4.38. The number of allylic oxidation sites excluding steroid dienone is 2. The largest absolute Gasteiger partial charge is 0.481 e. The van der Waals surface area contributed by atoms with E-state index in [9.17, 15) is 4.79 Å². The third kappa shape index (κ3) is 2.97. The molecule has 1 aromatic carbocycles. The Labute approximate surface area is 105 Å². The lowest BCUT2D eigenvalue weighted by atomic mass is 9.92. The van der Waals surface area contributed by atoms with Crippen LogP contribution in [0.15, 0.2) is 35.5 Å². The Morgan fingerprint density at radius 1 is 1.22 bits per heavy atom. The minimum atomic E-state index is -0.825. The molecule has 4 heteroatoms. The van der Waals surface area contributed by atoms with Crippen LogP contribution in [0.4, 0.5) is 0 Å². The Kier molecular flexibility index (Phi) is 3.77. The maximum Gasteiger partial charge on any atom is 0.307 e. The number of carboxylic acids is 1. The molecule has 0 unspecified atom stereocenters. The number of carbonyl (C=O) groups is 1. The summed E-state index contributed by atoms with van der Waals surface area (Å²) >= 11 is 0. The first-order valence-electron chi connectivity index (χ1n) is 5.91. The Bertz CT molecular complexity index is 500. The van der Waals surface area contributed by atoms with Crippen molar-refractivity contribution >= 4 is 17.3 Å². The standard InChI is InChI=1S/C14H15NO3/c16-14(17)8-10-4-6-11(7-5-10)12-2-1-3-13(9-12)15-18/h4-7,9,18H,1-3,8H2,(H,16,17). The third-order valence-corrected chi connectivity index (χ3v) is 3.03. The van der Waals surface area contributed by atoms with Crippen molar-refractivity contribution in [1.82, 2.24) is 0 Å². The van der Waals surface area contributed by atoms with Gasteiger partial charge >= 0.3 is 5.97 Å². The van der Waals surface area contributed by atoms with Gasteiger partial charge < -0.3 is 10.3 Å². The molecule has 94 valence electrons. The number of hydrogen-bond donors (Lipinski definition) is 2. The van der Waals surface area contributed by atoms with Gasteiger partial charge in [-0.2, -0.15) is 0 Å². The number of nitrogens with zero attached hydrogens (tertiary/aromatic N) is 1. The van der Waals surface area contributed by atoms with Gasteiger partial charge in [-0.25, -0.2) is 0 Å². The average molecular weight is 245 g/mol. The fourth-order valence-electron chi connectivity index (χ4n) is 2.12. The third-order valence-electron chi connectivity index (χ3n) is 3.03. The molecule has 0 atom stereocenters. The van der Waals surface area contributed by atoms with Crippen LogP contribution in [-0.4, -0.2) is 22.0 Å². The Morgan fingerprint density at radius 3 is 2.56 bits per heavy atom. The maximum absolute atomic E-state index is 10.6. The van der Waals surface area contributed by atoms with Gasteiger partial charge in [0.1, 0.15) is 0 Å². The van der Waals surface area contributed by atoms with Gasteiger partial charge in [-0.05, 0) is 42.0 Å². The van der Waals surface area contributed by atoms with Crippen LogP contribution in [0.25, 0.3) is 5.57 Å². The highest BCUT2D eigenvalue weighted by Gasteiger charge is 2.11. The number of aliphatic carboxylic acids is 1. The maximum atomic E-state index is 10.6. The smallest absolute Gasteiger partial charge is 0.307 e. The quantitative estimate of drug-likeness (QED) is 0.635. The van der Waals surface area contributed by atoms with Gasteiger partial charge in [0.05, 0.1) is 12.1 Å². The molecule has 2 N–H and O–H groups in total. The molecule has 0 amide bonds. The van der Waals surface area contributed by atoms with Crippen LogP contribution in [-0.2, 0) is 11.2 Å². The van der Waals surface area contributed by atoms with Gasteiger partial charge in [-0.3, -0.25) is 4.79 Å². The Balaban J connectivity index is 2.19. The van der Waals surface area contributed by atoms with Crippen molar-refractivity contribution in [3.05, 3.63) is 41.5 Å². The van der Waals surface area contributed by atoms with Crippen LogP contribution in [0.3, 0.4) is 0 Å². The van der Waals surface area contributed by atoms with E-state index in [2.05, 4.69) is 5.16 Å². The lowest BCUT2D eigenvalue weighted by Crippen LogP contribution is -2.03. The number of carboxylic acid groups (broad SMARTS) is 1. The van der Waals surface area contributed by atoms with E-state index >= 15 is 0 Å². The summed E-state index contributed by atoms with van der Waals surface area (Å²) in [5.74, 6) is -0.825. The summed E-state index contributed by atoms with van der Waals surface area (Å²) < 4.78 is 0. The molecule has 0 saturated carbocycles. The SMILES string of the molecule is O=C(O)Cc1ccc(C2=CC(=NO)CCC2)cc1. The zero-order valence-electron chi connectivity index (χ0n) is 9.97.